The number of aryl methyl sites for hydroxylation is 1. The molecule has 4 N–H and O–H groups in total. The van der Waals surface area contributed by atoms with Gasteiger partial charge in [-0.1, -0.05) is 24.3 Å². The number of rotatable bonds is 2. The van der Waals surface area contributed by atoms with Gasteiger partial charge < -0.3 is 15.7 Å². The van der Waals surface area contributed by atoms with Crippen molar-refractivity contribution in [3.05, 3.63) is 69.4 Å². The summed E-state index contributed by atoms with van der Waals surface area (Å²) in [5.74, 6) is -0.289. The minimum Gasteiger partial charge on any atom is -0.320 e. The van der Waals surface area contributed by atoms with E-state index >= 15 is 0 Å². The van der Waals surface area contributed by atoms with Gasteiger partial charge in [-0.05, 0) is 30.2 Å². The van der Waals surface area contributed by atoms with Gasteiger partial charge in [-0.2, -0.15) is 0 Å². The number of hydrogen-bond acceptors (Lipinski definition) is 2. The predicted molar refractivity (Wildman–Crippen MR) is 76.1 cm³/mol. The first-order valence-corrected chi connectivity index (χ1v) is 6.29. The van der Waals surface area contributed by atoms with Crippen LogP contribution in [0.1, 0.15) is 22.7 Å². The van der Waals surface area contributed by atoms with Crippen LogP contribution in [0.4, 0.5) is 4.39 Å². The van der Waals surface area contributed by atoms with Crippen molar-refractivity contribution in [2.24, 2.45) is 5.73 Å². The fourth-order valence-electron chi connectivity index (χ4n) is 2.33. The maximum atomic E-state index is 14.1. The molecule has 0 saturated carbocycles. The smallest absolute Gasteiger partial charge is 0.320 e. The van der Waals surface area contributed by atoms with E-state index in [0.717, 1.165) is 5.56 Å². The van der Waals surface area contributed by atoms with Crippen LogP contribution in [-0.4, -0.2) is 9.97 Å². The van der Waals surface area contributed by atoms with Crippen LogP contribution in [0.25, 0.3) is 11.0 Å². The Morgan fingerprint density at radius 2 is 1.90 bits per heavy atom. The summed E-state index contributed by atoms with van der Waals surface area (Å²) in [6, 6.07) is 9.91. The molecule has 5 heteroatoms. The number of nitrogens with one attached hydrogen (secondary N) is 2. The Kier molecular flexibility index (Phi) is 2.91. The number of benzene rings is 2. The molecule has 0 fully saturated rings. The van der Waals surface area contributed by atoms with Gasteiger partial charge in [-0.15, -0.1) is 0 Å². The van der Waals surface area contributed by atoms with Gasteiger partial charge in [-0.3, -0.25) is 0 Å². The van der Waals surface area contributed by atoms with E-state index in [0.29, 0.717) is 22.2 Å². The third-order valence-corrected chi connectivity index (χ3v) is 3.46. The van der Waals surface area contributed by atoms with E-state index in [1.807, 2.05) is 0 Å². The van der Waals surface area contributed by atoms with Crippen LogP contribution in [0, 0.1) is 12.7 Å². The van der Waals surface area contributed by atoms with Crippen molar-refractivity contribution < 1.29 is 4.39 Å². The summed E-state index contributed by atoms with van der Waals surface area (Å²) < 4.78 is 14.1. The van der Waals surface area contributed by atoms with Crippen molar-refractivity contribution >= 4 is 11.0 Å². The van der Waals surface area contributed by atoms with E-state index < -0.39 is 6.04 Å². The second-order valence-electron chi connectivity index (χ2n) is 4.84. The average molecular weight is 271 g/mol. The molecule has 102 valence electrons. The van der Waals surface area contributed by atoms with Crippen LogP contribution in [-0.2, 0) is 0 Å². The van der Waals surface area contributed by atoms with Crippen LogP contribution in [0.2, 0.25) is 0 Å². The van der Waals surface area contributed by atoms with Crippen LogP contribution in [0.15, 0.2) is 41.2 Å². The molecular weight excluding hydrogens is 257 g/mol. The number of imidazole rings is 1. The average Bonchev–Trinajstić information content (AvgIpc) is 2.80. The van der Waals surface area contributed by atoms with Gasteiger partial charge in [0.15, 0.2) is 0 Å². The van der Waals surface area contributed by atoms with Crippen molar-refractivity contribution in [2.75, 3.05) is 0 Å². The van der Waals surface area contributed by atoms with Gasteiger partial charge in [0.25, 0.3) is 0 Å². The highest BCUT2D eigenvalue weighted by Crippen LogP contribution is 2.25. The fraction of sp³-hybridized carbons (Fsp3) is 0.133. The van der Waals surface area contributed by atoms with Crippen molar-refractivity contribution in [2.45, 2.75) is 13.0 Å². The zero-order valence-corrected chi connectivity index (χ0v) is 10.9. The number of aromatic nitrogens is 2. The monoisotopic (exact) mass is 271 g/mol. The molecule has 0 aliphatic heterocycles. The Morgan fingerprint density at radius 3 is 2.70 bits per heavy atom. The lowest BCUT2D eigenvalue weighted by molar-refractivity contribution is 0.591. The third-order valence-electron chi connectivity index (χ3n) is 3.46. The summed E-state index contributed by atoms with van der Waals surface area (Å²) in [6.45, 7) is 1.71. The first-order chi connectivity index (χ1) is 9.56. The Labute approximate surface area is 114 Å². The van der Waals surface area contributed by atoms with Crippen LogP contribution >= 0.6 is 0 Å². The Hall–Kier alpha value is -2.40. The van der Waals surface area contributed by atoms with Gasteiger partial charge in [-0.25, -0.2) is 9.18 Å². The zero-order chi connectivity index (χ0) is 14.3. The molecule has 2 aromatic carbocycles. The molecule has 3 rings (SSSR count). The Balaban J connectivity index is 2.09. The van der Waals surface area contributed by atoms with E-state index in [1.165, 1.54) is 0 Å². The lowest BCUT2D eigenvalue weighted by Gasteiger charge is -2.14. The number of fused-ring (bicyclic) bond motifs is 1. The van der Waals surface area contributed by atoms with E-state index in [1.54, 1.807) is 43.3 Å². The van der Waals surface area contributed by atoms with E-state index in [2.05, 4.69) is 9.97 Å². The van der Waals surface area contributed by atoms with Gasteiger partial charge in [0.1, 0.15) is 5.82 Å². The summed E-state index contributed by atoms with van der Waals surface area (Å²) in [5.41, 5.74) is 9.00. The van der Waals surface area contributed by atoms with Crippen molar-refractivity contribution in [3.8, 4) is 0 Å². The summed E-state index contributed by atoms with van der Waals surface area (Å²) in [7, 11) is 0. The van der Waals surface area contributed by atoms with Crippen LogP contribution in [0.3, 0.4) is 0 Å². The molecule has 0 bridgehead atoms. The molecule has 0 amide bonds. The summed E-state index contributed by atoms with van der Waals surface area (Å²) in [4.78, 5) is 16.6. The standard InChI is InChI=1S/C15H14FN3O/c1-8-3-2-4-10(13(8)16)14(17)9-5-6-11-12(7-9)19-15(20)18-11/h2-7,14H,17H2,1H3,(H2,18,19,20). The molecule has 1 unspecified atom stereocenters. The topological polar surface area (TPSA) is 74.7 Å². The second kappa shape index (κ2) is 4.61. The fourth-order valence-corrected chi connectivity index (χ4v) is 2.33. The van der Waals surface area contributed by atoms with Crippen molar-refractivity contribution in [1.82, 2.24) is 9.97 Å². The molecule has 1 aromatic heterocycles. The number of H-pyrrole nitrogens is 2. The molecule has 0 saturated heterocycles. The van der Waals surface area contributed by atoms with E-state index in [9.17, 15) is 9.18 Å². The molecule has 0 aliphatic rings. The number of aromatic amines is 2. The first kappa shape index (κ1) is 12.6. The van der Waals surface area contributed by atoms with E-state index in [4.69, 9.17) is 5.73 Å². The minimum absolute atomic E-state index is 0.271. The lowest BCUT2D eigenvalue weighted by atomic mass is 9.97. The van der Waals surface area contributed by atoms with Crippen molar-refractivity contribution in [3.63, 3.8) is 0 Å². The third kappa shape index (κ3) is 2.02. The molecule has 3 aromatic rings. The Bertz CT molecular complexity index is 834. The van der Waals surface area contributed by atoms with Crippen molar-refractivity contribution in [1.29, 1.82) is 0 Å². The highest BCUT2D eigenvalue weighted by Gasteiger charge is 2.15. The molecule has 4 nitrogen and oxygen atoms in total. The quantitative estimate of drug-likeness (QED) is 0.669. The molecule has 20 heavy (non-hydrogen) atoms. The first-order valence-electron chi connectivity index (χ1n) is 6.29. The van der Waals surface area contributed by atoms with Gasteiger partial charge >= 0.3 is 5.69 Å². The number of hydrogen-bond donors (Lipinski definition) is 3. The molecule has 0 spiro atoms. The zero-order valence-electron chi connectivity index (χ0n) is 10.9. The van der Waals surface area contributed by atoms with Crippen LogP contribution in [0.5, 0.6) is 0 Å². The number of halogens is 1. The molecule has 0 radical (unpaired) electrons. The maximum absolute atomic E-state index is 14.1. The summed E-state index contributed by atoms with van der Waals surface area (Å²) in [5, 5.41) is 0. The van der Waals surface area contributed by atoms with E-state index in [-0.39, 0.29) is 11.5 Å². The minimum atomic E-state index is -0.572. The number of nitrogens with two attached hydrogens (primary N) is 1. The van der Waals surface area contributed by atoms with Gasteiger partial charge in [0.2, 0.25) is 0 Å². The highest BCUT2D eigenvalue weighted by molar-refractivity contribution is 5.75. The summed E-state index contributed by atoms with van der Waals surface area (Å²) >= 11 is 0. The summed E-state index contributed by atoms with van der Waals surface area (Å²) in [6.07, 6.45) is 0. The largest absolute Gasteiger partial charge is 0.323 e. The molecule has 1 atom stereocenters. The normalized spacial score (nSPS) is 12.8. The predicted octanol–water partition coefficient (Wildman–Crippen LogP) is 2.35. The lowest BCUT2D eigenvalue weighted by Crippen LogP contribution is -2.14. The molecule has 1 heterocycles. The SMILES string of the molecule is Cc1cccc(C(N)c2ccc3[nH]c(=O)[nH]c3c2)c1F. The Morgan fingerprint density at radius 1 is 1.15 bits per heavy atom. The maximum Gasteiger partial charge on any atom is 0.323 e. The molecule has 0 aliphatic carbocycles. The second-order valence-corrected chi connectivity index (χ2v) is 4.84. The van der Waals surface area contributed by atoms with Gasteiger partial charge in [0.05, 0.1) is 17.1 Å². The molecular formula is C15H14FN3O. The highest BCUT2D eigenvalue weighted by atomic mass is 19.1. The van der Waals surface area contributed by atoms with Crippen LogP contribution < -0.4 is 11.4 Å². The van der Waals surface area contributed by atoms with Gasteiger partial charge in [0, 0.05) is 5.56 Å².